The van der Waals surface area contributed by atoms with Crippen molar-refractivity contribution in [2.24, 2.45) is 0 Å². The van der Waals surface area contributed by atoms with Gasteiger partial charge in [-0.3, -0.25) is 0 Å². The number of aliphatic hydroxyl groups is 1. The lowest BCUT2D eigenvalue weighted by Gasteiger charge is -2.15. The van der Waals surface area contributed by atoms with Crippen LogP contribution in [0.15, 0.2) is 12.1 Å². The molecule has 1 unspecified atom stereocenters. The fourth-order valence-corrected chi connectivity index (χ4v) is 1.49. The predicted octanol–water partition coefficient (Wildman–Crippen LogP) is 2.08. The number of hydrogen-bond acceptors (Lipinski definition) is 4. The van der Waals surface area contributed by atoms with Gasteiger partial charge < -0.3 is 14.6 Å². The molecule has 0 aromatic heterocycles. The van der Waals surface area contributed by atoms with Gasteiger partial charge in [-0.05, 0) is 19.1 Å². The fraction of sp³-hybridized carbons (Fsp3) is 0.364. The van der Waals surface area contributed by atoms with E-state index >= 15 is 0 Å². The zero-order valence-electron chi connectivity index (χ0n) is 9.37. The number of hydrogen-bond donors (Lipinski definition) is 1. The van der Waals surface area contributed by atoms with Gasteiger partial charge in [-0.2, -0.15) is 0 Å². The van der Waals surface area contributed by atoms with E-state index in [-0.39, 0.29) is 22.9 Å². The molecule has 0 radical (unpaired) electrons. The van der Waals surface area contributed by atoms with Crippen LogP contribution in [0.1, 0.15) is 18.6 Å². The molecule has 0 saturated heterocycles. The lowest BCUT2D eigenvalue weighted by atomic mass is 10.1. The summed E-state index contributed by atoms with van der Waals surface area (Å²) >= 11 is 5.57. The number of ether oxygens (including phenoxy) is 2. The lowest BCUT2D eigenvalue weighted by Crippen LogP contribution is -2.17. The number of benzene rings is 1. The molecule has 0 amide bonds. The highest BCUT2D eigenvalue weighted by molar-refractivity contribution is 6.30. The van der Waals surface area contributed by atoms with E-state index in [9.17, 15) is 14.3 Å². The van der Waals surface area contributed by atoms with Crippen LogP contribution >= 0.6 is 11.6 Å². The lowest BCUT2D eigenvalue weighted by molar-refractivity contribution is -0.153. The van der Waals surface area contributed by atoms with Crippen molar-refractivity contribution in [2.45, 2.75) is 13.0 Å². The Morgan fingerprint density at radius 1 is 1.59 bits per heavy atom. The second kappa shape index (κ2) is 5.84. The van der Waals surface area contributed by atoms with E-state index in [1.165, 1.54) is 19.2 Å². The first-order valence-electron chi connectivity index (χ1n) is 4.89. The molecule has 0 aliphatic carbocycles. The van der Waals surface area contributed by atoms with Crippen LogP contribution in [-0.2, 0) is 9.53 Å². The van der Waals surface area contributed by atoms with Crippen molar-refractivity contribution in [2.75, 3.05) is 13.7 Å². The molecule has 0 heterocycles. The minimum Gasteiger partial charge on any atom is -0.496 e. The Labute approximate surface area is 103 Å². The second-order valence-electron chi connectivity index (χ2n) is 3.13. The van der Waals surface area contributed by atoms with E-state index in [0.717, 1.165) is 0 Å². The van der Waals surface area contributed by atoms with Gasteiger partial charge >= 0.3 is 5.97 Å². The quantitative estimate of drug-likeness (QED) is 0.844. The van der Waals surface area contributed by atoms with Crippen molar-refractivity contribution in [3.63, 3.8) is 0 Å². The van der Waals surface area contributed by atoms with E-state index in [4.69, 9.17) is 16.3 Å². The van der Waals surface area contributed by atoms with Gasteiger partial charge in [0.05, 0.1) is 24.3 Å². The smallest absolute Gasteiger partial charge is 0.339 e. The zero-order chi connectivity index (χ0) is 13.0. The predicted molar refractivity (Wildman–Crippen MR) is 59.6 cm³/mol. The van der Waals surface area contributed by atoms with Crippen molar-refractivity contribution >= 4 is 17.6 Å². The molecule has 4 nitrogen and oxygen atoms in total. The Bertz CT molecular complexity index is 422. The number of carbonyl (C=O) groups is 1. The number of halogens is 2. The summed E-state index contributed by atoms with van der Waals surface area (Å²) < 4.78 is 23.2. The summed E-state index contributed by atoms with van der Waals surface area (Å²) in [6, 6.07) is 2.64. The summed E-state index contributed by atoms with van der Waals surface area (Å²) in [4.78, 5) is 11.3. The molecule has 1 rings (SSSR count). The van der Waals surface area contributed by atoms with Crippen molar-refractivity contribution in [3.8, 4) is 5.75 Å². The van der Waals surface area contributed by atoms with Gasteiger partial charge in [0.15, 0.2) is 11.9 Å². The molecule has 17 heavy (non-hydrogen) atoms. The molecule has 0 bridgehead atoms. The molecule has 1 aromatic rings. The van der Waals surface area contributed by atoms with Crippen LogP contribution in [0.4, 0.5) is 4.39 Å². The van der Waals surface area contributed by atoms with E-state index in [0.29, 0.717) is 0 Å². The minimum atomic E-state index is -1.76. The molecule has 1 atom stereocenters. The van der Waals surface area contributed by atoms with Crippen LogP contribution in [0, 0.1) is 5.82 Å². The average molecular weight is 263 g/mol. The molecule has 0 spiro atoms. The third-order valence-electron chi connectivity index (χ3n) is 2.10. The number of rotatable bonds is 4. The minimum absolute atomic E-state index is 0.0347. The van der Waals surface area contributed by atoms with Crippen molar-refractivity contribution in [1.29, 1.82) is 0 Å². The Morgan fingerprint density at radius 2 is 2.24 bits per heavy atom. The van der Waals surface area contributed by atoms with E-state index in [2.05, 4.69) is 4.74 Å². The van der Waals surface area contributed by atoms with Gasteiger partial charge in [0.1, 0.15) is 5.75 Å². The van der Waals surface area contributed by atoms with Crippen molar-refractivity contribution in [3.05, 3.63) is 28.5 Å². The molecule has 94 valence electrons. The van der Waals surface area contributed by atoms with E-state index in [1.807, 2.05) is 0 Å². The van der Waals surface area contributed by atoms with E-state index < -0.39 is 17.9 Å². The molecule has 0 aliphatic rings. The SMILES string of the molecule is CCOC(=O)C(O)c1c(OC)ccc(Cl)c1F. The monoisotopic (exact) mass is 262 g/mol. The second-order valence-corrected chi connectivity index (χ2v) is 3.54. The van der Waals surface area contributed by atoms with Gasteiger partial charge in [-0.1, -0.05) is 11.6 Å². The Morgan fingerprint density at radius 3 is 2.76 bits per heavy atom. The topological polar surface area (TPSA) is 55.8 Å². The molecule has 0 aliphatic heterocycles. The van der Waals surface area contributed by atoms with Crippen molar-refractivity contribution < 1.29 is 23.8 Å². The average Bonchev–Trinajstić information content (AvgIpc) is 2.32. The molecular formula is C11H12ClFO4. The van der Waals surface area contributed by atoms with Gasteiger partial charge in [-0.15, -0.1) is 0 Å². The summed E-state index contributed by atoms with van der Waals surface area (Å²) in [5, 5.41) is 9.48. The highest BCUT2D eigenvalue weighted by atomic mass is 35.5. The number of methoxy groups -OCH3 is 1. The largest absolute Gasteiger partial charge is 0.496 e. The van der Waals surface area contributed by atoms with Gasteiger partial charge in [-0.25, -0.2) is 9.18 Å². The maximum atomic E-state index is 13.7. The highest BCUT2D eigenvalue weighted by Crippen LogP contribution is 2.32. The Balaban J connectivity index is 3.19. The summed E-state index contributed by atoms with van der Waals surface area (Å²) in [7, 11) is 1.30. The van der Waals surface area contributed by atoms with Crippen LogP contribution < -0.4 is 4.74 Å². The molecular weight excluding hydrogens is 251 g/mol. The van der Waals surface area contributed by atoms with Gasteiger partial charge in [0.25, 0.3) is 0 Å². The summed E-state index contributed by atoms with van der Waals surface area (Å²) in [6.45, 7) is 1.66. The summed E-state index contributed by atoms with van der Waals surface area (Å²) in [5.41, 5.74) is -0.321. The first kappa shape index (κ1) is 13.7. The van der Waals surface area contributed by atoms with Crippen LogP contribution in [0.25, 0.3) is 0 Å². The first-order chi connectivity index (χ1) is 8.02. The molecule has 0 fully saturated rings. The van der Waals surface area contributed by atoms with Crippen LogP contribution in [-0.4, -0.2) is 24.8 Å². The van der Waals surface area contributed by atoms with Crippen LogP contribution in [0.2, 0.25) is 5.02 Å². The van der Waals surface area contributed by atoms with Crippen molar-refractivity contribution in [1.82, 2.24) is 0 Å². The third kappa shape index (κ3) is 2.87. The van der Waals surface area contributed by atoms with Crippen LogP contribution in [0.5, 0.6) is 5.75 Å². The molecule has 0 saturated carbocycles. The Kier molecular flexibility index (Phi) is 4.72. The first-order valence-corrected chi connectivity index (χ1v) is 5.27. The zero-order valence-corrected chi connectivity index (χ0v) is 10.1. The van der Waals surface area contributed by atoms with Gasteiger partial charge in [0.2, 0.25) is 0 Å². The van der Waals surface area contributed by atoms with Crippen LogP contribution in [0.3, 0.4) is 0 Å². The highest BCUT2D eigenvalue weighted by Gasteiger charge is 2.27. The third-order valence-corrected chi connectivity index (χ3v) is 2.39. The molecule has 1 N–H and O–H groups in total. The number of carbonyl (C=O) groups excluding carboxylic acids is 1. The number of esters is 1. The molecule has 1 aromatic carbocycles. The standard InChI is InChI=1S/C11H12ClFO4/c1-3-17-11(15)10(14)8-7(16-2)5-4-6(12)9(8)13/h4-5,10,14H,3H2,1-2H3. The summed E-state index contributed by atoms with van der Waals surface area (Å²) in [6.07, 6.45) is -1.76. The fourth-order valence-electron chi connectivity index (χ4n) is 1.32. The Hall–Kier alpha value is -1.33. The van der Waals surface area contributed by atoms with E-state index in [1.54, 1.807) is 6.92 Å². The normalized spacial score (nSPS) is 12.1. The maximum Gasteiger partial charge on any atom is 0.339 e. The summed E-state index contributed by atoms with van der Waals surface area (Å²) in [5.74, 6) is -1.81. The number of aliphatic hydroxyl groups excluding tert-OH is 1. The maximum absolute atomic E-state index is 13.7. The van der Waals surface area contributed by atoms with Gasteiger partial charge in [0, 0.05) is 0 Å². The molecule has 6 heteroatoms.